The average Bonchev–Trinajstić information content (AvgIpc) is 2.75. The lowest BCUT2D eigenvalue weighted by atomic mass is 10.2. The first-order chi connectivity index (χ1) is 8.28. The zero-order valence-electron chi connectivity index (χ0n) is 9.93. The molecule has 0 aliphatic heterocycles. The first kappa shape index (κ1) is 12.1. The summed E-state index contributed by atoms with van der Waals surface area (Å²) < 4.78 is 5.08. The lowest BCUT2D eigenvalue weighted by Gasteiger charge is -1.99. The Morgan fingerprint density at radius 3 is 3.06 bits per heavy atom. The summed E-state index contributed by atoms with van der Waals surface area (Å²) in [5.41, 5.74) is 1.26. The molecule has 1 aromatic heterocycles. The molecule has 0 saturated heterocycles. The number of aromatic nitrogens is 2. The molecule has 17 heavy (non-hydrogen) atoms. The molecule has 0 unspecified atom stereocenters. The minimum Gasteiger partial charge on any atom is -0.338 e. The van der Waals surface area contributed by atoms with Crippen LogP contribution < -0.4 is 5.32 Å². The van der Waals surface area contributed by atoms with Gasteiger partial charge in [0.2, 0.25) is 5.89 Å². The van der Waals surface area contributed by atoms with Gasteiger partial charge in [0.15, 0.2) is 5.82 Å². The van der Waals surface area contributed by atoms with E-state index in [4.69, 9.17) is 4.52 Å². The monoisotopic (exact) mass is 249 g/mol. The topological polar surface area (TPSA) is 51.0 Å². The van der Waals surface area contributed by atoms with Crippen molar-refractivity contribution in [2.45, 2.75) is 24.1 Å². The first-order valence-electron chi connectivity index (χ1n) is 5.43. The van der Waals surface area contributed by atoms with Crippen molar-refractivity contribution in [3.05, 3.63) is 41.5 Å². The highest BCUT2D eigenvalue weighted by Crippen LogP contribution is 2.22. The highest BCUT2D eigenvalue weighted by atomic mass is 32.2. The van der Waals surface area contributed by atoms with Crippen LogP contribution >= 0.6 is 11.8 Å². The van der Waals surface area contributed by atoms with Crippen molar-refractivity contribution in [3.63, 3.8) is 0 Å². The van der Waals surface area contributed by atoms with E-state index < -0.39 is 0 Å². The van der Waals surface area contributed by atoms with Crippen molar-refractivity contribution in [1.82, 2.24) is 15.5 Å². The molecule has 5 heteroatoms. The molecule has 1 heterocycles. The molecule has 0 spiro atoms. The van der Waals surface area contributed by atoms with Crippen LogP contribution in [0.1, 0.15) is 17.3 Å². The second kappa shape index (κ2) is 5.84. The van der Waals surface area contributed by atoms with Gasteiger partial charge >= 0.3 is 0 Å². The molecule has 2 rings (SSSR count). The summed E-state index contributed by atoms with van der Waals surface area (Å²) in [4.78, 5) is 5.50. The molecule has 0 atom stereocenters. The van der Waals surface area contributed by atoms with Crippen molar-refractivity contribution in [3.8, 4) is 0 Å². The first-order valence-corrected chi connectivity index (χ1v) is 6.42. The van der Waals surface area contributed by atoms with Crippen LogP contribution in [0.5, 0.6) is 0 Å². The summed E-state index contributed by atoms with van der Waals surface area (Å²) in [5.74, 6) is 2.10. The summed E-state index contributed by atoms with van der Waals surface area (Å²) in [6.07, 6.45) is 0. The van der Waals surface area contributed by atoms with Crippen LogP contribution in [-0.4, -0.2) is 17.2 Å². The zero-order chi connectivity index (χ0) is 12.1. The molecule has 90 valence electrons. The number of benzene rings is 1. The smallest absolute Gasteiger partial charge is 0.240 e. The molecule has 2 aromatic rings. The van der Waals surface area contributed by atoms with Gasteiger partial charge in [-0.3, -0.25) is 0 Å². The van der Waals surface area contributed by atoms with E-state index in [0.717, 1.165) is 11.6 Å². The van der Waals surface area contributed by atoms with E-state index in [2.05, 4.69) is 46.6 Å². The predicted octanol–water partition coefficient (Wildman–Crippen LogP) is 2.39. The highest BCUT2D eigenvalue weighted by molar-refractivity contribution is 7.98. The Labute approximate surface area is 105 Å². The number of thioether (sulfide) groups is 1. The molecule has 4 nitrogen and oxygen atoms in total. The van der Waals surface area contributed by atoms with Gasteiger partial charge in [-0.15, -0.1) is 11.8 Å². The largest absolute Gasteiger partial charge is 0.338 e. The van der Waals surface area contributed by atoms with Gasteiger partial charge in [-0.2, -0.15) is 4.98 Å². The minimum atomic E-state index is 0.613. The van der Waals surface area contributed by atoms with E-state index in [9.17, 15) is 0 Å². The average molecular weight is 249 g/mol. The van der Waals surface area contributed by atoms with Gasteiger partial charge in [-0.25, -0.2) is 0 Å². The lowest BCUT2D eigenvalue weighted by Crippen LogP contribution is -2.05. The summed E-state index contributed by atoms with van der Waals surface area (Å²) in [7, 11) is 1.85. The lowest BCUT2D eigenvalue weighted by molar-refractivity contribution is 0.368. The maximum atomic E-state index is 5.08. The van der Waals surface area contributed by atoms with Crippen molar-refractivity contribution in [2.75, 3.05) is 7.05 Å². The van der Waals surface area contributed by atoms with Crippen molar-refractivity contribution in [1.29, 1.82) is 0 Å². The molecule has 0 bridgehead atoms. The molecule has 0 amide bonds. The predicted molar refractivity (Wildman–Crippen MR) is 67.8 cm³/mol. The zero-order valence-corrected chi connectivity index (χ0v) is 10.8. The molecule has 0 saturated carbocycles. The van der Waals surface area contributed by atoms with Gasteiger partial charge in [-0.1, -0.05) is 22.9 Å². The third kappa shape index (κ3) is 3.57. The Balaban J connectivity index is 1.93. The fraction of sp³-hybridized carbons (Fsp3) is 0.333. The number of hydrogen-bond acceptors (Lipinski definition) is 5. The second-order valence-corrected chi connectivity index (χ2v) is 4.79. The van der Waals surface area contributed by atoms with Crippen LogP contribution in [0.15, 0.2) is 33.7 Å². The molecule has 1 N–H and O–H groups in total. The molecular formula is C12H15N3OS. The number of nitrogens with zero attached hydrogens (tertiary/aromatic N) is 2. The molecule has 0 aliphatic carbocycles. The van der Waals surface area contributed by atoms with Gasteiger partial charge in [0, 0.05) is 4.90 Å². The molecule has 0 aliphatic rings. The van der Waals surface area contributed by atoms with E-state index in [1.165, 1.54) is 10.5 Å². The van der Waals surface area contributed by atoms with Gasteiger partial charge in [-0.05, 0) is 26.1 Å². The fourth-order valence-electron chi connectivity index (χ4n) is 1.42. The van der Waals surface area contributed by atoms with Crippen LogP contribution in [0, 0.1) is 6.92 Å². The third-order valence-electron chi connectivity index (χ3n) is 2.20. The van der Waals surface area contributed by atoms with Crippen LogP contribution in [0.2, 0.25) is 0 Å². The Morgan fingerprint density at radius 2 is 2.29 bits per heavy atom. The normalized spacial score (nSPS) is 10.7. The number of hydrogen-bond donors (Lipinski definition) is 1. The third-order valence-corrected chi connectivity index (χ3v) is 3.19. The van der Waals surface area contributed by atoms with Gasteiger partial charge in [0.05, 0.1) is 12.3 Å². The van der Waals surface area contributed by atoms with Crippen molar-refractivity contribution < 1.29 is 4.52 Å². The van der Waals surface area contributed by atoms with E-state index in [1.54, 1.807) is 11.8 Å². The van der Waals surface area contributed by atoms with Crippen LogP contribution in [0.3, 0.4) is 0 Å². The van der Waals surface area contributed by atoms with Gasteiger partial charge < -0.3 is 9.84 Å². The van der Waals surface area contributed by atoms with Gasteiger partial charge in [0.25, 0.3) is 0 Å². The van der Waals surface area contributed by atoms with Crippen molar-refractivity contribution in [2.24, 2.45) is 0 Å². The van der Waals surface area contributed by atoms with Crippen molar-refractivity contribution >= 4 is 11.8 Å². The minimum absolute atomic E-state index is 0.613. The van der Waals surface area contributed by atoms with E-state index in [0.29, 0.717) is 12.4 Å². The molecule has 1 aromatic carbocycles. The van der Waals surface area contributed by atoms with E-state index >= 15 is 0 Å². The highest BCUT2D eigenvalue weighted by Gasteiger charge is 2.05. The quantitative estimate of drug-likeness (QED) is 0.825. The van der Waals surface area contributed by atoms with E-state index in [-0.39, 0.29) is 0 Å². The maximum Gasteiger partial charge on any atom is 0.240 e. The van der Waals surface area contributed by atoms with Crippen LogP contribution in [0.4, 0.5) is 0 Å². The fourth-order valence-corrected chi connectivity index (χ4v) is 2.28. The Hall–Kier alpha value is -1.33. The molecule has 0 fully saturated rings. The van der Waals surface area contributed by atoms with Crippen LogP contribution in [-0.2, 0) is 12.3 Å². The summed E-state index contributed by atoms with van der Waals surface area (Å²) >= 11 is 1.71. The summed E-state index contributed by atoms with van der Waals surface area (Å²) in [6.45, 7) is 2.70. The van der Waals surface area contributed by atoms with Crippen LogP contribution in [0.25, 0.3) is 0 Å². The number of rotatable bonds is 5. The maximum absolute atomic E-state index is 5.08. The Morgan fingerprint density at radius 1 is 1.41 bits per heavy atom. The SMILES string of the molecule is CNCc1nc(CSc2cccc(C)c2)no1. The Kier molecular flexibility index (Phi) is 4.17. The molecule has 0 radical (unpaired) electrons. The Bertz CT molecular complexity index is 484. The second-order valence-electron chi connectivity index (χ2n) is 3.74. The number of nitrogens with one attached hydrogen (secondary N) is 1. The standard InChI is InChI=1S/C12H15N3OS/c1-9-4-3-5-10(6-9)17-8-11-14-12(7-13-2)16-15-11/h3-6,13H,7-8H2,1-2H3. The summed E-state index contributed by atoms with van der Waals surface area (Å²) in [5, 5.41) is 6.90. The molecular weight excluding hydrogens is 234 g/mol. The number of aryl methyl sites for hydroxylation is 1. The van der Waals surface area contributed by atoms with Gasteiger partial charge in [0.1, 0.15) is 0 Å². The summed E-state index contributed by atoms with van der Waals surface area (Å²) in [6, 6.07) is 8.38. The van der Waals surface area contributed by atoms with E-state index in [1.807, 2.05) is 7.05 Å².